The van der Waals surface area contributed by atoms with Crippen molar-refractivity contribution in [3.8, 4) is 0 Å². The molecule has 16 heteroatoms. The number of carboxylic acids is 2. The second kappa shape index (κ2) is 20.9. The number of hydrogen-bond acceptors (Lipinski definition) is 13. The molecule has 15 nitrogen and oxygen atoms in total. The lowest BCUT2D eigenvalue weighted by Crippen LogP contribution is -2.68. The first-order valence-electron chi connectivity index (χ1n) is 19.7. The number of hydrogen-bond donors (Lipinski definition) is 2. The van der Waals surface area contributed by atoms with Crippen LogP contribution < -0.4 is 0 Å². The van der Waals surface area contributed by atoms with Gasteiger partial charge < -0.3 is 47.5 Å². The van der Waals surface area contributed by atoms with Gasteiger partial charge in [0.1, 0.15) is 12.2 Å². The van der Waals surface area contributed by atoms with Crippen LogP contribution in [0.2, 0.25) is 10.1 Å². The molecule has 59 heavy (non-hydrogen) atoms. The fraction of sp³-hybridized carbons (Fsp3) is 0.605. The van der Waals surface area contributed by atoms with Gasteiger partial charge in [-0.2, -0.15) is 0 Å². The van der Waals surface area contributed by atoms with Crippen LogP contribution in [0.25, 0.3) is 0 Å². The van der Waals surface area contributed by atoms with Crippen LogP contribution in [-0.2, 0) is 51.7 Å². The van der Waals surface area contributed by atoms with Crippen molar-refractivity contribution in [2.75, 3.05) is 13.2 Å². The lowest BCUT2D eigenvalue weighted by molar-refractivity contribution is -0.298. The third kappa shape index (κ3) is 12.9. The summed E-state index contributed by atoms with van der Waals surface area (Å²) in [5, 5.41) is 16.5. The van der Waals surface area contributed by atoms with Gasteiger partial charge in [-0.1, -0.05) is 91.8 Å². The van der Waals surface area contributed by atoms with E-state index in [1.165, 1.54) is 20.8 Å². The normalized spacial score (nSPS) is 28.7. The molecule has 10 atom stereocenters. The zero-order chi connectivity index (χ0) is 44.5. The van der Waals surface area contributed by atoms with Gasteiger partial charge in [0, 0.05) is 36.8 Å². The molecule has 3 aliphatic heterocycles. The molecule has 0 bridgehead atoms. The number of benzene rings is 2. The Labute approximate surface area is 348 Å². The van der Waals surface area contributed by atoms with E-state index in [0.717, 1.165) is 0 Å². The molecule has 0 spiro atoms. The molecule has 0 radical (unpaired) electrons. The van der Waals surface area contributed by atoms with Crippen molar-refractivity contribution in [2.24, 2.45) is 11.8 Å². The molecule has 0 aromatic heterocycles. The Kier molecular flexibility index (Phi) is 17.4. The molecule has 2 aromatic rings. The summed E-state index contributed by atoms with van der Waals surface area (Å²) < 4.78 is 48.9. The zero-order valence-electron chi connectivity index (χ0n) is 36.2. The van der Waals surface area contributed by atoms with Crippen LogP contribution in [0.1, 0.15) is 104 Å². The van der Waals surface area contributed by atoms with E-state index in [4.69, 9.17) is 47.5 Å². The third-order valence-corrected chi connectivity index (χ3v) is 15.5. The maximum Gasteiger partial charge on any atom is 0.349 e. The molecule has 3 saturated heterocycles. The highest BCUT2D eigenvalue weighted by atomic mass is 28.4. The molecule has 0 aliphatic carbocycles. The van der Waals surface area contributed by atoms with Gasteiger partial charge in [-0.25, -0.2) is 9.59 Å². The highest BCUT2D eigenvalue weighted by molar-refractivity contribution is 6.73. The molecule has 3 fully saturated rings. The standard InChI is InChI=1S/C29H50O11Si.2C7H6O2/c1-15-16(2)27(39-22-14-34-41(28(7,8)9,29(10,11)12)40-23(15)22)33-13-21-25(37-19(5)31)26(38-20(6)32)24(17(3)35-21)36-18(4)30;2*8-7(9)6-4-2-1-3-5-6/h15-17,21-27H,13-14H2,1-12H3;2*1-5H,(H,8,9)/t15-,16?,17+,21?,22?,23-,24?,25-,26-,27+;;/m1../s1. The van der Waals surface area contributed by atoms with E-state index in [-0.39, 0.29) is 40.7 Å². The third-order valence-electron chi connectivity index (χ3n) is 10.4. The summed E-state index contributed by atoms with van der Waals surface area (Å²) in [4.78, 5) is 56.2. The number of aromatic carboxylic acids is 2. The van der Waals surface area contributed by atoms with Crippen molar-refractivity contribution in [3.05, 3.63) is 71.8 Å². The number of carboxylic acid groups (broad SMARTS) is 2. The number of fused-ring (bicyclic) bond motifs is 1. The minimum atomic E-state index is -2.67. The summed E-state index contributed by atoms with van der Waals surface area (Å²) in [5.41, 5.74) is 0.662. The van der Waals surface area contributed by atoms with Crippen molar-refractivity contribution in [1.82, 2.24) is 0 Å². The van der Waals surface area contributed by atoms with Crippen molar-refractivity contribution in [3.63, 3.8) is 0 Å². The van der Waals surface area contributed by atoms with E-state index in [0.29, 0.717) is 17.7 Å². The number of carbonyl (C=O) groups excluding carboxylic acids is 3. The average Bonchev–Trinajstić information content (AvgIpc) is 3.15. The second-order valence-corrected chi connectivity index (χ2v) is 21.8. The summed E-state index contributed by atoms with van der Waals surface area (Å²) in [6, 6.07) is 16.6. The van der Waals surface area contributed by atoms with E-state index in [1.807, 2.05) is 0 Å². The Balaban J connectivity index is 0.000000419. The molecule has 5 rings (SSSR count). The van der Waals surface area contributed by atoms with Crippen molar-refractivity contribution < 1.29 is 71.5 Å². The molecule has 328 valence electrons. The van der Waals surface area contributed by atoms with Crippen molar-refractivity contribution >= 4 is 38.4 Å². The van der Waals surface area contributed by atoms with Crippen LogP contribution in [0.3, 0.4) is 0 Å². The monoisotopic (exact) mass is 846 g/mol. The van der Waals surface area contributed by atoms with Crippen molar-refractivity contribution in [1.29, 1.82) is 0 Å². The summed E-state index contributed by atoms with van der Waals surface area (Å²) in [5.74, 6) is -3.47. The molecule has 3 heterocycles. The smallest absolute Gasteiger partial charge is 0.349 e. The number of ether oxygens (including phenoxy) is 6. The maximum atomic E-state index is 12.0. The first kappa shape index (κ1) is 49.2. The SMILES string of the molecule is CC(=O)OC1[C@H](C)OC(CO[C@H]2OC3CO[Si](C(C)(C)C)(C(C)(C)C)O[C@@H]3[C@H](C)C2C)[C@@H](OC(C)=O)[C@@H]1OC(C)=O.O=C(O)c1ccccc1.O=C(O)c1ccccc1. The first-order chi connectivity index (χ1) is 27.4. The highest BCUT2D eigenvalue weighted by Gasteiger charge is 2.64. The van der Waals surface area contributed by atoms with Crippen LogP contribution in [0.5, 0.6) is 0 Å². The van der Waals surface area contributed by atoms with E-state index >= 15 is 0 Å². The molecule has 0 saturated carbocycles. The number of rotatable bonds is 8. The summed E-state index contributed by atoms with van der Waals surface area (Å²) >= 11 is 0. The molecule has 4 unspecified atom stereocenters. The van der Waals surface area contributed by atoms with Gasteiger partial charge in [-0.3, -0.25) is 14.4 Å². The predicted octanol–water partition coefficient (Wildman–Crippen LogP) is 6.81. The molecular weight excluding hydrogens is 785 g/mol. The van der Waals surface area contributed by atoms with Gasteiger partial charge in [0.2, 0.25) is 0 Å². The Morgan fingerprint density at radius 2 is 1.10 bits per heavy atom. The summed E-state index contributed by atoms with van der Waals surface area (Å²) in [7, 11) is -2.67. The predicted molar refractivity (Wildman–Crippen MR) is 217 cm³/mol. The van der Waals surface area contributed by atoms with Crippen LogP contribution in [-0.4, -0.2) is 111 Å². The topological polar surface area (TPSA) is 200 Å². The fourth-order valence-electron chi connectivity index (χ4n) is 7.70. The Morgan fingerprint density at radius 3 is 1.51 bits per heavy atom. The van der Waals surface area contributed by atoms with Gasteiger partial charge >= 0.3 is 38.4 Å². The van der Waals surface area contributed by atoms with Crippen molar-refractivity contribution in [2.45, 2.75) is 142 Å². The van der Waals surface area contributed by atoms with Gasteiger partial charge in [0.25, 0.3) is 0 Å². The lowest BCUT2D eigenvalue weighted by atomic mass is 9.85. The fourth-order valence-corrected chi connectivity index (χ4v) is 12.7. The molecule has 2 N–H and O–H groups in total. The van der Waals surface area contributed by atoms with Gasteiger partial charge in [-0.15, -0.1) is 0 Å². The van der Waals surface area contributed by atoms with Crippen LogP contribution in [0.4, 0.5) is 0 Å². The minimum Gasteiger partial charge on any atom is -0.478 e. The van der Waals surface area contributed by atoms with Crippen LogP contribution in [0, 0.1) is 11.8 Å². The van der Waals surface area contributed by atoms with Gasteiger partial charge in [0.15, 0.2) is 24.6 Å². The Morgan fingerprint density at radius 1 is 0.661 bits per heavy atom. The molecule has 2 aromatic carbocycles. The Hall–Kier alpha value is -4.19. The van der Waals surface area contributed by atoms with Gasteiger partial charge in [-0.05, 0) is 37.1 Å². The summed E-state index contributed by atoms with van der Waals surface area (Å²) in [6.45, 7) is 23.2. The second-order valence-electron chi connectivity index (χ2n) is 17.0. The highest BCUT2D eigenvalue weighted by Crippen LogP contribution is 2.56. The zero-order valence-corrected chi connectivity index (χ0v) is 37.2. The van der Waals surface area contributed by atoms with E-state index in [1.54, 1.807) is 67.6 Å². The molecule has 0 amide bonds. The molecular formula is C43H62O15Si. The molecule has 3 aliphatic rings. The van der Waals surface area contributed by atoms with Crippen LogP contribution >= 0.6 is 0 Å². The first-order valence-corrected chi connectivity index (χ1v) is 21.5. The quantitative estimate of drug-likeness (QED) is 0.159. The lowest BCUT2D eigenvalue weighted by Gasteiger charge is -2.58. The number of esters is 3. The summed E-state index contributed by atoms with van der Waals surface area (Å²) in [6.07, 6.45) is -5.62. The number of carbonyl (C=O) groups is 5. The van der Waals surface area contributed by atoms with Gasteiger partial charge in [0.05, 0.1) is 36.5 Å². The minimum absolute atomic E-state index is 0.0175. The maximum absolute atomic E-state index is 12.0. The van der Waals surface area contributed by atoms with E-state index in [9.17, 15) is 24.0 Å². The van der Waals surface area contributed by atoms with Crippen LogP contribution in [0.15, 0.2) is 60.7 Å². The van der Waals surface area contributed by atoms with E-state index in [2.05, 4.69) is 55.4 Å². The largest absolute Gasteiger partial charge is 0.478 e. The average molecular weight is 847 g/mol. The van der Waals surface area contributed by atoms with E-state index < -0.39 is 75.2 Å². The Bertz CT molecular complexity index is 1640.